The Bertz CT molecular complexity index is 582. The molecule has 1 fully saturated rings. The quantitative estimate of drug-likeness (QED) is 0.790. The standard InChI is InChI=1S/C12H9BrO2/c13-8-3-4-11-9(5-8)10(14)6-12(15-11)7-1-2-7/h3-7H,1-2H2. The zero-order valence-electron chi connectivity index (χ0n) is 8.00. The first-order valence-corrected chi connectivity index (χ1v) is 5.76. The lowest BCUT2D eigenvalue weighted by Gasteiger charge is -2.01. The summed E-state index contributed by atoms with van der Waals surface area (Å²) in [4.78, 5) is 11.8. The van der Waals surface area contributed by atoms with Crippen LogP contribution < -0.4 is 5.43 Å². The van der Waals surface area contributed by atoms with Gasteiger partial charge in [0.15, 0.2) is 5.43 Å². The van der Waals surface area contributed by atoms with Gasteiger partial charge in [-0.2, -0.15) is 0 Å². The molecular formula is C12H9BrO2. The molecule has 3 rings (SSSR count). The monoisotopic (exact) mass is 264 g/mol. The summed E-state index contributed by atoms with van der Waals surface area (Å²) >= 11 is 3.35. The largest absolute Gasteiger partial charge is 0.461 e. The van der Waals surface area contributed by atoms with Crippen molar-refractivity contribution >= 4 is 26.9 Å². The fraction of sp³-hybridized carbons (Fsp3) is 0.250. The van der Waals surface area contributed by atoms with E-state index in [0.717, 1.165) is 23.1 Å². The Morgan fingerprint density at radius 1 is 1.27 bits per heavy atom. The third-order valence-corrected chi connectivity index (χ3v) is 3.18. The Labute approximate surface area is 95.0 Å². The van der Waals surface area contributed by atoms with Gasteiger partial charge in [0.1, 0.15) is 11.3 Å². The van der Waals surface area contributed by atoms with E-state index < -0.39 is 0 Å². The molecule has 2 aromatic rings. The zero-order valence-corrected chi connectivity index (χ0v) is 9.58. The SMILES string of the molecule is O=c1cc(C2CC2)oc2ccc(Br)cc12. The Hall–Kier alpha value is -1.09. The third kappa shape index (κ3) is 1.61. The van der Waals surface area contributed by atoms with Crippen molar-refractivity contribution in [2.45, 2.75) is 18.8 Å². The molecule has 0 spiro atoms. The first-order chi connectivity index (χ1) is 7.24. The third-order valence-electron chi connectivity index (χ3n) is 2.69. The van der Waals surface area contributed by atoms with Gasteiger partial charge in [-0.1, -0.05) is 15.9 Å². The van der Waals surface area contributed by atoms with E-state index in [-0.39, 0.29) is 5.43 Å². The molecule has 0 N–H and O–H groups in total. The van der Waals surface area contributed by atoms with Crippen molar-refractivity contribution in [3.63, 3.8) is 0 Å². The lowest BCUT2D eigenvalue weighted by molar-refractivity contribution is 0.539. The summed E-state index contributed by atoms with van der Waals surface area (Å²) in [5.41, 5.74) is 0.743. The predicted molar refractivity (Wildman–Crippen MR) is 62.2 cm³/mol. The average molecular weight is 265 g/mol. The zero-order chi connectivity index (χ0) is 10.4. The number of halogens is 1. The lowest BCUT2D eigenvalue weighted by atomic mass is 10.2. The molecule has 0 radical (unpaired) electrons. The highest BCUT2D eigenvalue weighted by molar-refractivity contribution is 9.10. The van der Waals surface area contributed by atoms with Gasteiger partial charge in [0.25, 0.3) is 0 Å². The van der Waals surface area contributed by atoms with E-state index in [9.17, 15) is 4.79 Å². The van der Waals surface area contributed by atoms with Crippen molar-refractivity contribution in [1.82, 2.24) is 0 Å². The summed E-state index contributed by atoms with van der Waals surface area (Å²) in [5, 5.41) is 0.647. The second kappa shape index (κ2) is 3.20. The van der Waals surface area contributed by atoms with E-state index in [0.29, 0.717) is 16.9 Å². The molecular weight excluding hydrogens is 256 g/mol. The van der Waals surface area contributed by atoms with E-state index in [4.69, 9.17) is 4.42 Å². The first-order valence-electron chi connectivity index (χ1n) is 4.97. The molecule has 15 heavy (non-hydrogen) atoms. The van der Waals surface area contributed by atoms with Gasteiger partial charge in [0.05, 0.1) is 5.39 Å². The Morgan fingerprint density at radius 2 is 2.07 bits per heavy atom. The molecule has 0 bridgehead atoms. The highest BCUT2D eigenvalue weighted by Gasteiger charge is 2.26. The van der Waals surface area contributed by atoms with Crippen LogP contribution in [-0.4, -0.2) is 0 Å². The number of hydrogen-bond donors (Lipinski definition) is 0. The highest BCUT2D eigenvalue weighted by Crippen LogP contribution is 2.40. The van der Waals surface area contributed by atoms with E-state index in [1.165, 1.54) is 0 Å². The van der Waals surface area contributed by atoms with Crippen LogP contribution in [0.25, 0.3) is 11.0 Å². The van der Waals surface area contributed by atoms with Gasteiger partial charge < -0.3 is 4.42 Å². The van der Waals surface area contributed by atoms with Crippen LogP contribution in [-0.2, 0) is 0 Å². The maximum atomic E-state index is 11.8. The van der Waals surface area contributed by atoms with Crippen molar-refractivity contribution in [2.75, 3.05) is 0 Å². The Balaban J connectivity index is 2.31. The summed E-state index contributed by atoms with van der Waals surface area (Å²) < 4.78 is 6.60. The predicted octanol–water partition coefficient (Wildman–Crippen LogP) is 3.43. The molecule has 0 unspecified atom stereocenters. The molecule has 3 heteroatoms. The molecule has 76 valence electrons. The van der Waals surface area contributed by atoms with Crippen LogP contribution in [0.3, 0.4) is 0 Å². The Kier molecular flexibility index (Phi) is 1.96. The van der Waals surface area contributed by atoms with Gasteiger partial charge >= 0.3 is 0 Å². The van der Waals surface area contributed by atoms with Crippen molar-refractivity contribution < 1.29 is 4.42 Å². The van der Waals surface area contributed by atoms with E-state index >= 15 is 0 Å². The number of benzene rings is 1. The van der Waals surface area contributed by atoms with Crippen LogP contribution in [0.2, 0.25) is 0 Å². The summed E-state index contributed by atoms with van der Waals surface area (Å²) in [7, 11) is 0. The molecule has 1 aliphatic carbocycles. The smallest absolute Gasteiger partial charge is 0.192 e. The van der Waals surface area contributed by atoms with Crippen LogP contribution >= 0.6 is 15.9 Å². The fourth-order valence-corrected chi connectivity index (χ4v) is 2.08. The minimum Gasteiger partial charge on any atom is -0.461 e. The topological polar surface area (TPSA) is 30.2 Å². The van der Waals surface area contributed by atoms with Crippen LogP contribution in [0.4, 0.5) is 0 Å². The molecule has 1 saturated carbocycles. The number of hydrogen-bond acceptors (Lipinski definition) is 2. The van der Waals surface area contributed by atoms with Crippen molar-refractivity contribution in [3.05, 3.63) is 44.7 Å². The molecule has 2 nitrogen and oxygen atoms in total. The van der Waals surface area contributed by atoms with Gasteiger partial charge in [-0.15, -0.1) is 0 Å². The summed E-state index contributed by atoms with van der Waals surface area (Å²) in [5.74, 6) is 1.32. The normalized spacial score (nSPS) is 15.8. The minimum absolute atomic E-state index is 0.0550. The van der Waals surface area contributed by atoms with Crippen molar-refractivity contribution in [1.29, 1.82) is 0 Å². The van der Waals surface area contributed by atoms with E-state index in [2.05, 4.69) is 15.9 Å². The molecule has 0 atom stereocenters. The van der Waals surface area contributed by atoms with Gasteiger partial charge in [-0.05, 0) is 31.0 Å². The van der Waals surface area contributed by atoms with Gasteiger partial charge in [-0.25, -0.2) is 0 Å². The number of fused-ring (bicyclic) bond motifs is 1. The van der Waals surface area contributed by atoms with Gasteiger partial charge in [0, 0.05) is 16.5 Å². The fourth-order valence-electron chi connectivity index (χ4n) is 1.72. The van der Waals surface area contributed by atoms with Gasteiger partial charge in [-0.3, -0.25) is 4.79 Å². The maximum Gasteiger partial charge on any atom is 0.192 e. The maximum absolute atomic E-state index is 11.8. The van der Waals surface area contributed by atoms with Crippen LogP contribution in [0.1, 0.15) is 24.5 Å². The Morgan fingerprint density at radius 3 is 2.80 bits per heavy atom. The molecule has 1 heterocycles. The van der Waals surface area contributed by atoms with Crippen molar-refractivity contribution in [3.8, 4) is 0 Å². The minimum atomic E-state index is 0.0550. The highest BCUT2D eigenvalue weighted by atomic mass is 79.9. The molecule has 0 amide bonds. The molecule has 1 aromatic heterocycles. The molecule has 0 aliphatic heterocycles. The molecule has 1 aliphatic rings. The van der Waals surface area contributed by atoms with Crippen LogP contribution in [0.15, 0.2) is 37.9 Å². The van der Waals surface area contributed by atoms with Crippen LogP contribution in [0.5, 0.6) is 0 Å². The second-order valence-electron chi connectivity index (χ2n) is 3.93. The summed E-state index contributed by atoms with van der Waals surface area (Å²) in [6.45, 7) is 0. The second-order valence-corrected chi connectivity index (χ2v) is 4.84. The van der Waals surface area contributed by atoms with E-state index in [1.807, 2.05) is 12.1 Å². The first kappa shape index (κ1) is 9.16. The summed E-state index contributed by atoms with van der Waals surface area (Å²) in [6.07, 6.45) is 2.29. The number of rotatable bonds is 1. The average Bonchev–Trinajstić information content (AvgIpc) is 3.02. The molecule has 0 saturated heterocycles. The lowest BCUT2D eigenvalue weighted by Crippen LogP contribution is -2.01. The summed E-state index contributed by atoms with van der Waals surface area (Å²) in [6, 6.07) is 7.17. The van der Waals surface area contributed by atoms with Crippen molar-refractivity contribution in [2.24, 2.45) is 0 Å². The van der Waals surface area contributed by atoms with Crippen LogP contribution in [0, 0.1) is 0 Å². The van der Waals surface area contributed by atoms with Gasteiger partial charge in [0.2, 0.25) is 0 Å². The molecule has 1 aromatic carbocycles. The van der Waals surface area contributed by atoms with E-state index in [1.54, 1.807) is 12.1 Å².